The lowest BCUT2D eigenvalue weighted by atomic mass is 9.34. The van der Waals surface area contributed by atoms with Crippen LogP contribution >= 0.6 is 11.3 Å². The van der Waals surface area contributed by atoms with Crippen LogP contribution in [0.2, 0.25) is 0 Å². The Labute approximate surface area is 348 Å². The maximum absolute atomic E-state index is 7.10. The SMILES string of the molecule is c1ccc(-c2ccc3c(c2)Oc2cc(-n4c5ccccc5c5c6sc7ccccc7c6c6oc7ccccc7c6c54)cc4c2B3c2ccc(-c3ccccc3)cc2O4)cc1. The summed E-state index contributed by atoms with van der Waals surface area (Å²) in [5.41, 5.74) is 12.8. The van der Waals surface area contributed by atoms with Crippen molar-refractivity contribution in [2.45, 2.75) is 0 Å². The van der Waals surface area contributed by atoms with Crippen LogP contribution in [0, 0.1) is 0 Å². The topological polar surface area (TPSA) is 36.5 Å². The molecule has 278 valence electrons. The molecule has 5 heterocycles. The Morgan fingerprint density at radius 3 is 1.72 bits per heavy atom. The molecule has 9 aromatic carbocycles. The summed E-state index contributed by atoms with van der Waals surface area (Å²) in [6.45, 7) is -0.0768. The van der Waals surface area contributed by atoms with Gasteiger partial charge in [-0.1, -0.05) is 140 Å². The van der Waals surface area contributed by atoms with Gasteiger partial charge in [-0.3, -0.25) is 0 Å². The lowest BCUT2D eigenvalue weighted by Crippen LogP contribution is -2.57. The molecule has 3 aromatic heterocycles. The van der Waals surface area contributed by atoms with E-state index >= 15 is 0 Å². The maximum Gasteiger partial charge on any atom is 0.260 e. The number of hydrogen-bond acceptors (Lipinski definition) is 4. The van der Waals surface area contributed by atoms with Crippen LogP contribution in [0.15, 0.2) is 186 Å². The van der Waals surface area contributed by atoms with E-state index in [1.54, 1.807) is 0 Å². The van der Waals surface area contributed by atoms with Crippen molar-refractivity contribution < 1.29 is 13.9 Å². The Morgan fingerprint density at radius 2 is 1.03 bits per heavy atom. The third-order valence-electron chi connectivity index (χ3n) is 12.7. The Bertz CT molecular complexity index is 3640. The minimum Gasteiger partial charge on any atom is -0.458 e. The Morgan fingerprint density at radius 1 is 0.450 bits per heavy atom. The molecule has 6 heteroatoms. The number of furan rings is 1. The quantitative estimate of drug-likeness (QED) is 0.168. The van der Waals surface area contributed by atoms with Gasteiger partial charge in [0.25, 0.3) is 6.71 Å². The van der Waals surface area contributed by atoms with Gasteiger partial charge in [0.1, 0.15) is 34.2 Å². The molecule has 4 nitrogen and oxygen atoms in total. The molecule has 0 N–H and O–H groups in total. The first-order valence-electron chi connectivity index (χ1n) is 20.4. The maximum atomic E-state index is 7.10. The zero-order chi connectivity index (χ0) is 39.1. The van der Waals surface area contributed by atoms with Crippen molar-refractivity contribution in [2.75, 3.05) is 0 Å². The first-order valence-corrected chi connectivity index (χ1v) is 21.2. The van der Waals surface area contributed by atoms with E-state index < -0.39 is 0 Å². The van der Waals surface area contributed by atoms with E-state index in [9.17, 15) is 0 Å². The van der Waals surface area contributed by atoms with Gasteiger partial charge in [-0.25, -0.2) is 0 Å². The lowest BCUT2D eigenvalue weighted by Gasteiger charge is -2.34. The molecule has 2 aliphatic heterocycles. The molecular weight excluding hydrogens is 753 g/mol. The lowest BCUT2D eigenvalue weighted by molar-refractivity contribution is 0.464. The molecule has 60 heavy (non-hydrogen) atoms. The van der Waals surface area contributed by atoms with Gasteiger partial charge in [0.2, 0.25) is 0 Å². The first kappa shape index (κ1) is 32.4. The number of nitrogens with zero attached hydrogens (tertiary/aromatic N) is 1. The largest absolute Gasteiger partial charge is 0.458 e. The zero-order valence-corrected chi connectivity index (χ0v) is 32.8. The number of rotatable bonds is 3. The molecule has 2 aliphatic rings. The van der Waals surface area contributed by atoms with Crippen molar-refractivity contribution in [1.29, 1.82) is 0 Å². The van der Waals surface area contributed by atoms with Crippen molar-refractivity contribution in [3.8, 4) is 50.9 Å². The van der Waals surface area contributed by atoms with Gasteiger partial charge in [-0.05, 0) is 63.5 Å². The van der Waals surface area contributed by atoms with Crippen LogP contribution in [0.25, 0.3) is 91.9 Å². The number of para-hydroxylation sites is 2. The Balaban J connectivity index is 1.08. The van der Waals surface area contributed by atoms with E-state index in [-0.39, 0.29) is 6.71 Å². The van der Waals surface area contributed by atoms with E-state index in [0.717, 1.165) is 100 Å². The molecular formula is C54H30BNO3S. The van der Waals surface area contributed by atoms with Crippen molar-refractivity contribution in [3.05, 3.63) is 182 Å². The number of fused-ring (bicyclic) bond motifs is 16. The highest BCUT2D eigenvalue weighted by atomic mass is 32.1. The molecule has 0 fully saturated rings. The van der Waals surface area contributed by atoms with Crippen molar-refractivity contribution in [3.63, 3.8) is 0 Å². The van der Waals surface area contributed by atoms with E-state index in [4.69, 9.17) is 13.9 Å². The molecule has 0 atom stereocenters. The second kappa shape index (κ2) is 12.0. The van der Waals surface area contributed by atoms with Crippen LogP contribution in [-0.4, -0.2) is 11.3 Å². The molecule has 14 rings (SSSR count). The van der Waals surface area contributed by atoms with Gasteiger partial charge in [0.05, 0.1) is 22.1 Å². The molecule has 0 unspecified atom stereocenters. The molecule has 0 spiro atoms. The smallest absolute Gasteiger partial charge is 0.260 e. The van der Waals surface area contributed by atoms with Gasteiger partial charge in [0, 0.05) is 53.9 Å². The zero-order valence-electron chi connectivity index (χ0n) is 32.0. The minimum atomic E-state index is -0.0768. The second-order valence-corrected chi connectivity index (χ2v) is 17.0. The molecule has 0 saturated carbocycles. The predicted octanol–water partition coefficient (Wildman–Crippen LogP) is 13.1. The van der Waals surface area contributed by atoms with E-state index in [0.29, 0.717) is 0 Å². The number of hydrogen-bond donors (Lipinski definition) is 0. The summed E-state index contributed by atoms with van der Waals surface area (Å²) in [5.74, 6) is 3.30. The average molecular weight is 784 g/mol. The molecule has 0 bridgehead atoms. The Hall–Kier alpha value is -7.54. The second-order valence-electron chi connectivity index (χ2n) is 15.9. The van der Waals surface area contributed by atoms with E-state index in [1.807, 2.05) is 11.3 Å². The first-order chi connectivity index (χ1) is 29.7. The fourth-order valence-corrected chi connectivity index (χ4v) is 11.4. The number of ether oxygens (including phenoxy) is 2. The molecule has 0 amide bonds. The summed E-state index contributed by atoms with van der Waals surface area (Å²) in [6.07, 6.45) is 0. The van der Waals surface area contributed by atoms with Crippen molar-refractivity contribution >= 4 is 98.4 Å². The standard InChI is InChI=1S/C54H30BNO3S/c1-3-13-31(14-4-1)33-23-25-39-43(27-33)57-45-29-35(30-46-51(45)55(39)40-26-24-34(28-44(40)58-46)32-15-5-2-6-16-32)56-41-20-10-7-17-36(41)49-52(56)48-37-18-8-11-21-42(37)59-53(48)50-38-19-9-12-22-47(38)60-54(49)50/h1-30H. The average Bonchev–Trinajstić information content (AvgIpc) is 3.99. The molecule has 12 aromatic rings. The van der Waals surface area contributed by atoms with Crippen molar-refractivity contribution in [1.82, 2.24) is 4.57 Å². The Kier molecular flexibility index (Phi) is 6.49. The molecule has 0 aliphatic carbocycles. The monoisotopic (exact) mass is 783 g/mol. The van der Waals surface area contributed by atoms with E-state index in [1.165, 1.54) is 30.9 Å². The summed E-state index contributed by atoms with van der Waals surface area (Å²) in [6, 6.07) is 64.8. The van der Waals surface area contributed by atoms with Crippen LogP contribution in [0.4, 0.5) is 0 Å². The number of thiophene rings is 1. The summed E-state index contributed by atoms with van der Waals surface area (Å²) in [5, 5.41) is 7.00. The summed E-state index contributed by atoms with van der Waals surface area (Å²) >= 11 is 1.84. The predicted molar refractivity (Wildman–Crippen MR) is 250 cm³/mol. The van der Waals surface area contributed by atoms with Gasteiger partial charge in [-0.2, -0.15) is 0 Å². The van der Waals surface area contributed by atoms with Gasteiger partial charge >= 0.3 is 0 Å². The summed E-state index contributed by atoms with van der Waals surface area (Å²) in [4.78, 5) is 0. The van der Waals surface area contributed by atoms with Crippen molar-refractivity contribution in [2.24, 2.45) is 0 Å². The molecule has 0 saturated heterocycles. The third kappa shape index (κ3) is 4.40. The number of aromatic nitrogens is 1. The van der Waals surface area contributed by atoms with Crippen LogP contribution in [0.3, 0.4) is 0 Å². The van der Waals surface area contributed by atoms with E-state index in [2.05, 4.69) is 187 Å². The molecule has 0 radical (unpaired) electrons. The fraction of sp³-hybridized carbons (Fsp3) is 0. The highest BCUT2D eigenvalue weighted by Gasteiger charge is 2.41. The normalized spacial score (nSPS) is 12.9. The van der Waals surface area contributed by atoms with Gasteiger partial charge in [-0.15, -0.1) is 11.3 Å². The summed E-state index contributed by atoms with van der Waals surface area (Å²) in [7, 11) is 0. The third-order valence-corrected chi connectivity index (χ3v) is 13.9. The van der Waals surface area contributed by atoms with Crippen LogP contribution < -0.4 is 25.9 Å². The van der Waals surface area contributed by atoms with Gasteiger partial charge in [0.15, 0.2) is 0 Å². The fourth-order valence-electron chi connectivity index (χ4n) is 10.1. The van der Waals surface area contributed by atoms with Crippen LogP contribution in [0.1, 0.15) is 0 Å². The number of benzene rings is 9. The van der Waals surface area contributed by atoms with Gasteiger partial charge < -0.3 is 18.5 Å². The summed E-state index contributed by atoms with van der Waals surface area (Å²) < 4.78 is 26.0. The van der Waals surface area contributed by atoms with Crippen LogP contribution in [-0.2, 0) is 0 Å². The highest BCUT2D eigenvalue weighted by Crippen LogP contribution is 2.51. The minimum absolute atomic E-state index is 0.0768. The van der Waals surface area contributed by atoms with Crippen LogP contribution in [0.5, 0.6) is 23.0 Å². The highest BCUT2D eigenvalue weighted by molar-refractivity contribution is 7.27.